The minimum Gasteiger partial charge on any atom is -0.492 e. The van der Waals surface area contributed by atoms with Gasteiger partial charge in [-0.3, -0.25) is 19.3 Å². The number of amides is 3. The molecule has 0 unspecified atom stereocenters. The number of fused-ring (bicyclic) bond motifs is 1. The Labute approximate surface area is 225 Å². The van der Waals surface area contributed by atoms with Crippen molar-refractivity contribution in [2.24, 2.45) is 0 Å². The van der Waals surface area contributed by atoms with Crippen molar-refractivity contribution in [3.05, 3.63) is 70.5 Å². The van der Waals surface area contributed by atoms with E-state index in [0.717, 1.165) is 77.5 Å². The van der Waals surface area contributed by atoms with Crippen LogP contribution in [-0.2, 0) is 22.6 Å². The van der Waals surface area contributed by atoms with Crippen LogP contribution in [0.2, 0.25) is 0 Å². The van der Waals surface area contributed by atoms with E-state index in [9.17, 15) is 18.8 Å². The number of ether oxygens (including phenoxy) is 1. The standard InChI is InChI=1S/C29H30FN3O4S/c1-2-20-7-6-8-24-21(18-32(27(20)24)19-26(34)31-13-4-3-5-14-31)17-25-28(35)33(29(36)38-25)15-16-37-23-11-9-22(30)10-12-23/h6-12,17-18H,2-5,13-16,19H2,1H3/b25-17-. The van der Waals surface area contributed by atoms with Crippen molar-refractivity contribution < 1.29 is 23.5 Å². The number of benzene rings is 2. The molecule has 0 bridgehead atoms. The first-order valence-corrected chi connectivity index (χ1v) is 13.8. The number of halogens is 1. The highest BCUT2D eigenvalue weighted by Gasteiger charge is 2.35. The van der Waals surface area contributed by atoms with E-state index >= 15 is 0 Å². The SMILES string of the molecule is CCc1cccc2c(/C=C3\SC(=O)N(CCOc4ccc(F)cc4)C3=O)cn(CC(=O)N3CCCCC3)c12. The highest BCUT2D eigenvalue weighted by molar-refractivity contribution is 8.18. The summed E-state index contributed by atoms with van der Waals surface area (Å²) in [5.74, 6) is -0.176. The summed E-state index contributed by atoms with van der Waals surface area (Å²) >= 11 is 0.898. The molecule has 2 fully saturated rings. The van der Waals surface area contributed by atoms with E-state index in [1.165, 1.54) is 24.3 Å². The second-order valence-corrected chi connectivity index (χ2v) is 10.4. The average molecular weight is 536 g/mol. The van der Waals surface area contributed by atoms with Crippen molar-refractivity contribution in [1.29, 1.82) is 0 Å². The maximum absolute atomic E-state index is 13.1. The molecule has 0 N–H and O–H groups in total. The smallest absolute Gasteiger partial charge is 0.293 e. The van der Waals surface area contributed by atoms with Crippen molar-refractivity contribution in [2.75, 3.05) is 26.2 Å². The topological polar surface area (TPSA) is 71.8 Å². The lowest BCUT2D eigenvalue weighted by molar-refractivity contribution is -0.132. The zero-order valence-corrected chi connectivity index (χ0v) is 22.1. The van der Waals surface area contributed by atoms with E-state index in [1.807, 2.05) is 27.8 Å². The Hall–Kier alpha value is -3.59. The van der Waals surface area contributed by atoms with E-state index in [0.29, 0.717) is 10.7 Å². The minimum absolute atomic E-state index is 0.0888. The minimum atomic E-state index is -0.375. The third-order valence-corrected chi connectivity index (χ3v) is 7.87. The van der Waals surface area contributed by atoms with Gasteiger partial charge in [0.2, 0.25) is 5.91 Å². The van der Waals surface area contributed by atoms with Crippen LogP contribution in [0.1, 0.15) is 37.3 Å². The fourth-order valence-corrected chi connectivity index (χ4v) is 5.86. The number of carbonyl (C=O) groups excluding carboxylic acids is 3. The highest BCUT2D eigenvalue weighted by atomic mass is 32.2. The molecule has 0 atom stereocenters. The van der Waals surface area contributed by atoms with Gasteiger partial charge in [0.05, 0.1) is 17.0 Å². The molecular formula is C29H30FN3O4S. The van der Waals surface area contributed by atoms with Gasteiger partial charge in [-0.2, -0.15) is 0 Å². The van der Waals surface area contributed by atoms with Crippen LogP contribution in [0.15, 0.2) is 53.6 Å². The molecule has 3 aromatic rings. The number of carbonyl (C=O) groups is 3. The van der Waals surface area contributed by atoms with Gasteiger partial charge in [-0.15, -0.1) is 0 Å². The summed E-state index contributed by atoms with van der Waals surface area (Å²) < 4.78 is 20.6. The summed E-state index contributed by atoms with van der Waals surface area (Å²) in [6.07, 6.45) is 7.70. The largest absolute Gasteiger partial charge is 0.492 e. The first-order chi connectivity index (χ1) is 18.4. The van der Waals surface area contributed by atoms with Crippen LogP contribution < -0.4 is 4.74 Å². The lowest BCUT2D eigenvalue weighted by Gasteiger charge is -2.27. The number of aromatic nitrogens is 1. The Bertz CT molecular complexity index is 1390. The van der Waals surface area contributed by atoms with Crippen LogP contribution in [0, 0.1) is 5.82 Å². The average Bonchev–Trinajstić information content (AvgIpc) is 3.41. The summed E-state index contributed by atoms with van der Waals surface area (Å²) in [5.41, 5.74) is 2.91. The van der Waals surface area contributed by atoms with Gasteiger partial charge < -0.3 is 14.2 Å². The van der Waals surface area contributed by atoms with Gasteiger partial charge in [-0.1, -0.05) is 25.1 Å². The van der Waals surface area contributed by atoms with Gasteiger partial charge in [0.25, 0.3) is 11.1 Å². The molecule has 1 aromatic heterocycles. The van der Waals surface area contributed by atoms with Gasteiger partial charge >= 0.3 is 0 Å². The van der Waals surface area contributed by atoms with Crippen LogP contribution in [0.5, 0.6) is 5.75 Å². The highest BCUT2D eigenvalue weighted by Crippen LogP contribution is 2.35. The molecule has 2 aliphatic rings. The number of hydrogen-bond acceptors (Lipinski definition) is 5. The zero-order valence-electron chi connectivity index (χ0n) is 21.3. The zero-order chi connectivity index (χ0) is 26.6. The van der Waals surface area contributed by atoms with E-state index in [2.05, 4.69) is 13.0 Å². The Balaban J connectivity index is 1.36. The number of para-hydroxylation sites is 1. The van der Waals surface area contributed by atoms with Crippen LogP contribution in [0.25, 0.3) is 17.0 Å². The summed E-state index contributed by atoms with van der Waals surface area (Å²) in [6, 6.07) is 11.6. The van der Waals surface area contributed by atoms with Crippen LogP contribution in [0.4, 0.5) is 9.18 Å². The first kappa shape index (κ1) is 26.0. The second kappa shape index (κ2) is 11.4. The quantitative estimate of drug-likeness (QED) is 0.358. The van der Waals surface area contributed by atoms with E-state index in [-0.39, 0.29) is 42.6 Å². The molecule has 198 valence electrons. The van der Waals surface area contributed by atoms with Crippen molar-refractivity contribution >= 4 is 45.8 Å². The maximum Gasteiger partial charge on any atom is 0.293 e. The molecule has 2 saturated heterocycles. The summed E-state index contributed by atoms with van der Waals surface area (Å²) in [7, 11) is 0. The summed E-state index contributed by atoms with van der Waals surface area (Å²) in [4.78, 5) is 42.2. The molecule has 7 nitrogen and oxygen atoms in total. The normalized spacial score (nSPS) is 17.2. The Morgan fingerprint density at radius 2 is 1.84 bits per heavy atom. The molecule has 0 aliphatic carbocycles. The van der Waals surface area contributed by atoms with Gasteiger partial charge in [0.1, 0.15) is 24.7 Å². The predicted octanol–water partition coefficient (Wildman–Crippen LogP) is 5.47. The number of nitrogens with zero attached hydrogens (tertiary/aromatic N) is 3. The van der Waals surface area contributed by atoms with E-state index in [1.54, 1.807) is 6.08 Å². The van der Waals surface area contributed by atoms with Gasteiger partial charge in [0.15, 0.2) is 0 Å². The van der Waals surface area contributed by atoms with Crippen LogP contribution in [0.3, 0.4) is 0 Å². The molecule has 5 rings (SSSR count). The van der Waals surface area contributed by atoms with E-state index in [4.69, 9.17) is 4.74 Å². The summed E-state index contributed by atoms with van der Waals surface area (Å²) in [6.45, 7) is 4.11. The van der Waals surface area contributed by atoms with Crippen LogP contribution in [-0.4, -0.2) is 57.7 Å². The van der Waals surface area contributed by atoms with Crippen molar-refractivity contribution in [3.8, 4) is 5.75 Å². The molecule has 0 radical (unpaired) electrons. The lowest BCUT2D eigenvalue weighted by Crippen LogP contribution is -2.37. The Morgan fingerprint density at radius 3 is 2.58 bits per heavy atom. The number of thioether (sulfide) groups is 1. The molecule has 2 aliphatic heterocycles. The molecule has 0 spiro atoms. The molecule has 2 aromatic carbocycles. The fourth-order valence-electron chi connectivity index (χ4n) is 5.00. The molecule has 3 amide bonds. The monoisotopic (exact) mass is 535 g/mol. The van der Waals surface area contributed by atoms with Crippen molar-refractivity contribution in [3.63, 3.8) is 0 Å². The van der Waals surface area contributed by atoms with Crippen LogP contribution >= 0.6 is 11.8 Å². The van der Waals surface area contributed by atoms with Crippen molar-refractivity contribution in [2.45, 2.75) is 39.2 Å². The number of rotatable bonds is 8. The number of aryl methyl sites for hydroxylation is 1. The second-order valence-electron chi connectivity index (χ2n) is 9.46. The van der Waals surface area contributed by atoms with Gasteiger partial charge in [-0.05, 0) is 73.4 Å². The maximum atomic E-state index is 13.1. The Kier molecular flexibility index (Phi) is 7.83. The van der Waals surface area contributed by atoms with Gasteiger partial charge in [-0.25, -0.2) is 4.39 Å². The van der Waals surface area contributed by atoms with E-state index < -0.39 is 0 Å². The Morgan fingerprint density at radius 1 is 1.08 bits per heavy atom. The third-order valence-electron chi connectivity index (χ3n) is 6.97. The molecule has 3 heterocycles. The molecular weight excluding hydrogens is 505 g/mol. The number of likely N-dealkylation sites (tertiary alicyclic amines) is 1. The molecule has 0 saturated carbocycles. The fraction of sp³-hybridized carbons (Fsp3) is 0.345. The van der Waals surface area contributed by atoms with Gasteiger partial charge in [0, 0.05) is 30.2 Å². The molecule has 9 heteroatoms. The number of hydrogen-bond donors (Lipinski definition) is 0. The first-order valence-electron chi connectivity index (χ1n) is 13.0. The van der Waals surface area contributed by atoms with Crippen molar-refractivity contribution in [1.82, 2.24) is 14.4 Å². The lowest BCUT2D eigenvalue weighted by atomic mass is 10.1. The number of piperidine rings is 1. The predicted molar refractivity (Wildman–Crippen MR) is 146 cm³/mol. The number of imide groups is 1. The molecule has 38 heavy (non-hydrogen) atoms. The third kappa shape index (κ3) is 5.48. The summed E-state index contributed by atoms with van der Waals surface area (Å²) in [5, 5.41) is 0.587.